The number of hydrogen-bond donors (Lipinski definition) is 0. The predicted molar refractivity (Wildman–Crippen MR) is 120 cm³/mol. The number of carbonyl (C=O) groups is 1. The van der Waals surface area contributed by atoms with Gasteiger partial charge in [0.05, 0.1) is 28.5 Å². The van der Waals surface area contributed by atoms with E-state index in [9.17, 15) is 9.59 Å². The molecule has 0 fully saturated rings. The highest BCUT2D eigenvalue weighted by Gasteiger charge is 2.33. The molecular formula is C23H23N3O4S. The average Bonchev–Trinajstić information content (AvgIpc) is 3.33. The minimum absolute atomic E-state index is 0.227. The molecule has 0 saturated heterocycles. The van der Waals surface area contributed by atoms with E-state index in [0.29, 0.717) is 32.2 Å². The lowest BCUT2D eigenvalue weighted by atomic mass is 9.96. The molecule has 0 spiro atoms. The number of ether oxygens (including phenoxy) is 1. The molecule has 0 N–H and O–H groups in total. The maximum Gasteiger partial charge on any atom is 0.338 e. The lowest BCUT2D eigenvalue weighted by molar-refractivity contribution is -0.139. The molecule has 3 aromatic rings. The van der Waals surface area contributed by atoms with Gasteiger partial charge in [0.1, 0.15) is 5.76 Å². The van der Waals surface area contributed by atoms with Crippen molar-refractivity contribution in [1.82, 2.24) is 4.57 Å². The second-order valence-corrected chi connectivity index (χ2v) is 8.29. The first-order valence-corrected chi connectivity index (χ1v) is 10.7. The van der Waals surface area contributed by atoms with Crippen LogP contribution >= 0.6 is 11.3 Å². The van der Waals surface area contributed by atoms with Crippen molar-refractivity contribution < 1.29 is 13.9 Å². The average molecular weight is 438 g/mol. The van der Waals surface area contributed by atoms with Crippen molar-refractivity contribution >= 4 is 29.3 Å². The third-order valence-electron chi connectivity index (χ3n) is 4.96. The fourth-order valence-electron chi connectivity index (χ4n) is 3.53. The van der Waals surface area contributed by atoms with E-state index >= 15 is 0 Å². The summed E-state index contributed by atoms with van der Waals surface area (Å²) in [5.74, 6) is 0.807. The summed E-state index contributed by atoms with van der Waals surface area (Å²) in [6.45, 7) is 3.77. The third kappa shape index (κ3) is 3.86. The number of benzene rings is 1. The number of thiazole rings is 1. The van der Waals surface area contributed by atoms with E-state index in [4.69, 9.17) is 9.15 Å². The number of furan rings is 1. The van der Waals surface area contributed by atoms with E-state index in [2.05, 4.69) is 4.99 Å². The van der Waals surface area contributed by atoms with Gasteiger partial charge in [0.25, 0.3) is 5.56 Å². The first-order chi connectivity index (χ1) is 14.9. The third-order valence-corrected chi connectivity index (χ3v) is 5.94. The summed E-state index contributed by atoms with van der Waals surface area (Å²) in [6, 6.07) is 12.5. The number of aromatic nitrogens is 1. The summed E-state index contributed by atoms with van der Waals surface area (Å²) in [4.78, 5) is 33.2. The quantitative estimate of drug-likeness (QED) is 0.573. The van der Waals surface area contributed by atoms with Crippen LogP contribution in [0.5, 0.6) is 0 Å². The number of allylic oxidation sites excluding steroid dienone is 1. The summed E-state index contributed by atoms with van der Waals surface area (Å²) >= 11 is 1.27. The van der Waals surface area contributed by atoms with Crippen LogP contribution < -0.4 is 19.8 Å². The molecule has 160 valence electrons. The fourth-order valence-corrected chi connectivity index (χ4v) is 4.56. The summed E-state index contributed by atoms with van der Waals surface area (Å²) in [7, 11) is 3.77. The zero-order chi connectivity index (χ0) is 22.1. The SMILES string of the molecule is CCOC(=O)C1=C(C)N=c2s/c(=C\c3ccc(N(C)C)o3)c(=O)n2C1c1ccccc1. The Hall–Kier alpha value is -3.39. The molecule has 0 amide bonds. The van der Waals surface area contributed by atoms with Crippen molar-refractivity contribution in [1.29, 1.82) is 0 Å². The molecule has 7 nitrogen and oxygen atoms in total. The Balaban J connectivity index is 1.91. The van der Waals surface area contributed by atoms with Crippen LogP contribution in [0.25, 0.3) is 6.08 Å². The van der Waals surface area contributed by atoms with Crippen molar-refractivity contribution in [2.45, 2.75) is 19.9 Å². The molecule has 0 aliphatic carbocycles. The first-order valence-electron chi connectivity index (χ1n) is 9.92. The maximum absolute atomic E-state index is 13.4. The highest BCUT2D eigenvalue weighted by atomic mass is 32.1. The summed E-state index contributed by atoms with van der Waals surface area (Å²) in [5, 5.41) is 0. The van der Waals surface area contributed by atoms with Gasteiger partial charge in [0, 0.05) is 26.2 Å². The van der Waals surface area contributed by atoms with Crippen LogP contribution in [0, 0.1) is 0 Å². The Bertz CT molecular complexity index is 1330. The smallest absolute Gasteiger partial charge is 0.338 e. The van der Waals surface area contributed by atoms with Gasteiger partial charge in [-0.3, -0.25) is 9.36 Å². The number of rotatable bonds is 5. The van der Waals surface area contributed by atoms with Gasteiger partial charge in [0.2, 0.25) is 0 Å². The monoisotopic (exact) mass is 437 g/mol. The minimum Gasteiger partial charge on any atom is -0.463 e. The molecule has 1 unspecified atom stereocenters. The lowest BCUT2D eigenvalue weighted by Gasteiger charge is -2.24. The number of nitrogens with zero attached hydrogens (tertiary/aromatic N) is 3. The number of esters is 1. The van der Waals surface area contributed by atoms with Gasteiger partial charge < -0.3 is 14.1 Å². The van der Waals surface area contributed by atoms with Gasteiger partial charge in [-0.2, -0.15) is 0 Å². The highest BCUT2D eigenvalue weighted by molar-refractivity contribution is 7.07. The van der Waals surface area contributed by atoms with Gasteiger partial charge in [-0.25, -0.2) is 9.79 Å². The van der Waals surface area contributed by atoms with Gasteiger partial charge in [-0.05, 0) is 25.5 Å². The van der Waals surface area contributed by atoms with Crippen molar-refractivity contribution in [2.24, 2.45) is 4.99 Å². The van der Waals surface area contributed by atoms with Crippen molar-refractivity contribution in [3.05, 3.63) is 84.7 Å². The van der Waals surface area contributed by atoms with Crippen molar-refractivity contribution in [3.8, 4) is 0 Å². The topological polar surface area (TPSA) is 77.0 Å². The second kappa shape index (κ2) is 8.39. The molecule has 1 atom stereocenters. The molecule has 1 aliphatic rings. The zero-order valence-electron chi connectivity index (χ0n) is 17.8. The molecule has 0 saturated carbocycles. The van der Waals surface area contributed by atoms with Gasteiger partial charge in [-0.15, -0.1) is 0 Å². The predicted octanol–water partition coefficient (Wildman–Crippen LogP) is 2.46. The van der Waals surface area contributed by atoms with E-state index in [0.717, 1.165) is 5.56 Å². The van der Waals surface area contributed by atoms with Crippen LogP contribution in [0.15, 0.2) is 67.9 Å². The Morgan fingerprint density at radius 2 is 2.00 bits per heavy atom. The van der Waals surface area contributed by atoms with E-state index in [1.54, 1.807) is 24.5 Å². The lowest BCUT2D eigenvalue weighted by Crippen LogP contribution is -2.39. The Kier molecular flexibility index (Phi) is 5.65. The van der Waals surface area contributed by atoms with E-state index in [1.807, 2.05) is 61.5 Å². The molecule has 1 aromatic carbocycles. The number of hydrogen-bond acceptors (Lipinski definition) is 7. The van der Waals surface area contributed by atoms with Crippen LogP contribution in [0.3, 0.4) is 0 Å². The van der Waals surface area contributed by atoms with Crippen LogP contribution in [-0.2, 0) is 9.53 Å². The van der Waals surface area contributed by atoms with E-state index in [-0.39, 0.29) is 12.2 Å². The van der Waals surface area contributed by atoms with Crippen LogP contribution in [0.2, 0.25) is 0 Å². The van der Waals surface area contributed by atoms with Gasteiger partial charge in [-0.1, -0.05) is 41.7 Å². The van der Waals surface area contributed by atoms with Crippen molar-refractivity contribution in [3.63, 3.8) is 0 Å². The molecule has 31 heavy (non-hydrogen) atoms. The number of carbonyl (C=O) groups excluding carboxylic acids is 1. The first kappa shape index (κ1) is 20.9. The van der Waals surface area contributed by atoms with Gasteiger partial charge >= 0.3 is 5.97 Å². The van der Waals surface area contributed by atoms with Crippen molar-refractivity contribution in [2.75, 3.05) is 25.6 Å². The second-order valence-electron chi connectivity index (χ2n) is 7.28. The highest BCUT2D eigenvalue weighted by Crippen LogP contribution is 2.30. The Morgan fingerprint density at radius 3 is 2.65 bits per heavy atom. The molecule has 2 aromatic heterocycles. The molecule has 0 bridgehead atoms. The molecule has 8 heteroatoms. The summed E-state index contributed by atoms with van der Waals surface area (Å²) in [6.07, 6.45) is 1.71. The van der Waals surface area contributed by atoms with Crippen LogP contribution in [0.4, 0.5) is 5.88 Å². The zero-order valence-corrected chi connectivity index (χ0v) is 18.6. The molecule has 1 aliphatic heterocycles. The van der Waals surface area contributed by atoms with Crippen LogP contribution in [0.1, 0.15) is 31.2 Å². The van der Waals surface area contributed by atoms with Crippen LogP contribution in [-0.4, -0.2) is 31.2 Å². The molecule has 3 heterocycles. The molecule has 0 radical (unpaired) electrons. The molecule has 4 rings (SSSR count). The maximum atomic E-state index is 13.4. The Labute approximate surface area is 183 Å². The number of fused-ring (bicyclic) bond motifs is 1. The normalized spacial score (nSPS) is 16.1. The van der Waals surface area contributed by atoms with E-state index < -0.39 is 12.0 Å². The Morgan fingerprint density at radius 1 is 1.26 bits per heavy atom. The van der Waals surface area contributed by atoms with Gasteiger partial charge in [0.15, 0.2) is 10.7 Å². The fraction of sp³-hybridized carbons (Fsp3) is 0.261. The standard InChI is InChI=1S/C23H23N3O4S/c1-5-29-22(28)19-14(2)24-23-26(20(19)15-9-7-6-8-10-15)21(27)17(31-23)13-16-11-12-18(30-16)25(3)4/h6-13,20H,5H2,1-4H3/b17-13-. The summed E-state index contributed by atoms with van der Waals surface area (Å²) < 4.78 is 13.1. The summed E-state index contributed by atoms with van der Waals surface area (Å²) in [5.41, 5.74) is 1.52. The molecular weight excluding hydrogens is 414 g/mol. The largest absolute Gasteiger partial charge is 0.463 e. The van der Waals surface area contributed by atoms with E-state index in [1.165, 1.54) is 11.3 Å². The number of anilines is 1. The minimum atomic E-state index is -0.604.